The fourth-order valence-corrected chi connectivity index (χ4v) is 2.85. The lowest BCUT2D eigenvalue weighted by Crippen LogP contribution is -2.31. The van der Waals surface area contributed by atoms with E-state index < -0.39 is 11.8 Å². The van der Waals surface area contributed by atoms with Gasteiger partial charge in [-0.15, -0.1) is 12.4 Å². The molecule has 0 unspecified atom stereocenters. The van der Waals surface area contributed by atoms with Crippen molar-refractivity contribution in [1.29, 1.82) is 0 Å². The van der Waals surface area contributed by atoms with Crippen LogP contribution in [0.2, 0.25) is 0 Å². The average molecular weight is 376 g/mol. The Labute approximate surface area is 159 Å². The number of rotatable bonds is 6. The van der Waals surface area contributed by atoms with Crippen LogP contribution < -0.4 is 5.32 Å². The molecule has 3 rings (SSSR count). The molecule has 0 saturated carbocycles. The van der Waals surface area contributed by atoms with Crippen LogP contribution in [-0.2, 0) is 32.3 Å². The van der Waals surface area contributed by atoms with Crippen LogP contribution in [0.5, 0.6) is 0 Å². The van der Waals surface area contributed by atoms with Crippen LogP contribution in [0.4, 0.5) is 0 Å². The van der Waals surface area contributed by atoms with Crippen molar-refractivity contribution < 1.29 is 19.1 Å². The zero-order valence-electron chi connectivity index (χ0n) is 14.3. The molecule has 0 radical (unpaired) electrons. The first-order valence-electron chi connectivity index (χ1n) is 8.36. The van der Waals surface area contributed by atoms with Crippen molar-refractivity contribution in [3.8, 4) is 0 Å². The zero-order valence-corrected chi connectivity index (χ0v) is 15.1. The molecular weight excluding hydrogens is 354 g/mol. The molecule has 0 bridgehead atoms. The highest BCUT2D eigenvalue weighted by molar-refractivity contribution is 5.85. The molecule has 1 aliphatic rings. The molecule has 1 fully saturated rings. The summed E-state index contributed by atoms with van der Waals surface area (Å²) in [5.74, 6) is -1.75. The molecule has 0 aromatic heterocycles. The summed E-state index contributed by atoms with van der Waals surface area (Å²) in [6.45, 7) is 1.28. The first-order chi connectivity index (χ1) is 12.2. The quantitative estimate of drug-likeness (QED) is 0.786. The van der Waals surface area contributed by atoms with Gasteiger partial charge in [0.15, 0.2) is 0 Å². The second-order valence-electron chi connectivity index (χ2n) is 6.06. The minimum absolute atomic E-state index is 0. The van der Waals surface area contributed by atoms with E-state index in [9.17, 15) is 9.59 Å². The molecule has 26 heavy (non-hydrogen) atoms. The zero-order chi connectivity index (χ0) is 17.5. The smallest absolute Gasteiger partial charge is 0.311 e. The maximum absolute atomic E-state index is 12.3. The molecule has 1 saturated heterocycles. The summed E-state index contributed by atoms with van der Waals surface area (Å²) in [6.07, 6.45) is 0. The molecule has 5 nitrogen and oxygen atoms in total. The number of hydrogen-bond donors (Lipinski definition) is 1. The number of benzene rings is 2. The largest absolute Gasteiger partial charge is 0.461 e. The van der Waals surface area contributed by atoms with E-state index in [-0.39, 0.29) is 37.6 Å². The van der Waals surface area contributed by atoms with E-state index in [2.05, 4.69) is 5.32 Å². The fourth-order valence-electron chi connectivity index (χ4n) is 2.85. The molecule has 2 aromatic carbocycles. The molecular formula is C20H22ClNO4. The lowest BCUT2D eigenvalue weighted by molar-refractivity contribution is -0.160. The normalized spacial score (nSPS) is 18.6. The molecule has 2 atom stereocenters. The number of hydrogen-bond acceptors (Lipinski definition) is 5. The van der Waals surface area contributed by atoms with Gasteiger partial charge in [-0.25, -0.2) is 0 Å². The van der Waals surface area contributed by atoms with Crippen LogP contribution in [0.3, 0.4) is 0 Å². The SMILES string of the molecule is Cl.O=C(OCc1ccccc1)[C@H]1CNC[C@@H]1C(=O)OCc1ccccc1. The molecule has 6 heteroatoms. The maximum atomic E-state index is 12.3. The van der Waals surface area contributed by atoms with Crippen molar-refractivity contribution in [2.75, 3.05) is 13.1 Å². The standard InChI is InChI=1S/C20H21NO4.ClH/c22-19(24-13-15-7-3-1-4-8-15)17-11-21-12-18(17)20(23)25-14-16-9-5-2-6-10-16;/h1-10,17-18,21H,11-14H2;1H/t17-,18-;/m0./s1. The first-order valence-corrected chi connectivity index (χ1v) is 8.36. The summed E-state index contributed by atoms with van der Waals surface area (Å²) < 4.78 is 10.7. The van der Waals surface area contributed by atoms with Gasteiger partial charge in [-0.1, -0.05) is 60.7 Å². The highest BCUT2D eigenvalue weighted by atomic mass is 35.5. The summed E-state index contributed by atoms with van der Waals surface area (Å²) in [4.78, 5) is 24.7. The molecule has 0 spiro atoms. The Kier molecular flexibility index (Phi) is 7.63. The highest BCUT2D eigenvalue weighted by Crippen LogP contribution is 2.21. The number of halogens is 1. The highest BCUT2D eigenvalue weighted by Gasteiger charge is 2.39. The molecule has 0 aliphatic carbocycles. The number of nitrogens with one attached hydrogen (secondary N) is 1. The molecule has 138 valence electrons. The van der Waals surface area contributed by atoms with Crippen LogP contribution in [0.1, 0.15) is 11.1 Å². The van der Waals surface area contributed by atoms with Gasteiger partial charge in [-0.3, -0.25) is 9.59 Å². The summed E-state index contributed by atoms with van der Waals surface area (Å²) in [7, 11) is 0. The van der Waals surface area contributed by atoms with Crippen molar-refractivity contribution in [2.45, 2.75) is 13.2 Å². The second kappa shape index (κ2) is 9.94. The molecule has 1 N–H and O–H groups in total. The van der Waals surface area contributed by atoms with Gasteiger partial charge in [-0.05, 0) is 11.1 Å². The maximum Gasteiger partial charge on any atom is 0.311 e. The third kappa shape index (κ3) is 5.31. The Morgan fingerprint density at radius 2 is 1.15 bits per heavy atom. The van der Waals surface area contributed by atoms with Crippen LogP contribution in [0.15, 0.2) is 60.7 Å². The predicted octanol–water partition coefficient (Wildman–Crippen LogP) is 2.73. The van der Waals surface area contributed by atoms with Crippen molar-refractivity contribution in [3.63, 3.8) is 0 Å². The predicted molar refractivity (Wildman–Crippen MR) is 99.6 cm³/mol. The van der Waals surface area contributed by atoms with Crippen molar-refractivity contribution in [1.82, 2.24) is 5.32 Å². The van der Waals surface area contributed by atoms with E-state index >= 15 is 0 Å². The van der Waals surface area contributed by atoms with Gasteiger partial charge < -0.3 is 14.8 Å². The van der Waals surface area contributed by atoms with Crippen molar-refractivity contribution in [3.05, 3.63) is 71.8 Å². The monoisotopic (exact) mass is 375 g/mol. The van der Waals surface area contributed by atoms with E-state index in [1.54, 1.807) is 0 Å². The summed E-state index contributed by atoms with van der Waals surface area (Å²) >= 11 is 0. The Balaban J connectivity index is 0.00000243. The number of carbonyl (C=O) groups is 2. The lowest BCUT2D eigenvalue weighted by Gasteiger charge is -2.16. The topological polar surface area (TPSA) is 64.6 Å². The Morgan fingerprint density at radius 1 is 0.769 bits per heavy atom. The number of ether oxygens (including phenoxy) is 2. The average Bonchev–Trinajstić information content (AvgIpc) is 3.16. The fraction of sp³-hybridized carbons (Fsp3) is 0.300. The number of carbonyl (C=O) groups excluding carboxylic acids is 2. The van der Waals surface area contributed by atoms with Gasteiger partial charge in [0, 0.05) is 13.1 Å². The third-order valence-electron chi connectivity index (χ3n) is 4.27. The van der Waals surface area contributed by atoms with Gasteiger partial charge in [0.05, 0.1) is 11.8 Å². The van der Waals surface area contributed by atoms with Gasteiger partial charge in [0.2, 0.25) is 0 Å². The molecule has 2 aromatic rings. The van der Waals surface area contributed by atoms with E-state index in [4.69, 9.17) is 9.47 Å². The van der Waals surface area contributed by atoms with E-state index in [1.165, 1.54) is 0 Å². The van der Waals surface area contributed by atoms with Gasteiger partial charge in [0.25, 0.3) is 0 Å². The molecule has 0 amide bonds. The first kappa shape index (κ1) is 19.9. The second-order valence-corrected chi connectivity index (χ2v) is 6.06. The van der Waals surface area contributed by atoms with E-state index in [1.807, 2.05) is 60.7 Å². The van der Waals surface area contributed by atoms with E-state index in [0.29, 0.717) is 13.1 Å². The van der Waals surface area contributed by atoms with Gasteiger partial charge >= 0.3 is 11.9 Å². The lowest BCUT2D eigenvalue weighted by atomic mass is 9.96. The number of esters is 2. The Hall–Kier alpha value is -2.37. The summed E-state index contributed by atoms with van der Waals surface area (Å²) in [5, 5.41) is 3.08. The van der Waals surface area contributed by atoms with Gasteiger partial charge in [-0.2, -0.15) is 0 Å². The van der Waals surface area contributed by atoms with Crippen LogP contribution in [0.25, 0.3) is 0 Å². The minimum atomic E-state index is -0.507. The minimum Gasteiger partial charge on any atom is -0.461 e. The summed E-state index contributed by atoms with van der Waals surface area (Å²) in [5.41, 5.74) is 1.84. The summed E-state index contributed by atoms with van der Waals surface area (Å²) in [6, 6.07) is 19.0. The van der Waals surface area contributed by atoms with Crippen LogP contribution in [-0.4, -0.2) is 25.0 Å². The third-order valence-corrected chi connectivity index (χ3v) is 4.27. The Morgan fingerprint density at radius 3 is 1.54 bits per heavy atom. The molecule has 1 heterocycles. The Bertz CT molecular complexity index is 647. The van der Waals surface area contributed by atoms with Crippen LogP contribution >= 0.6 is 12.4 Å². The van der Waals surface area contributed by atoms with E-state index in [0.717, 1.165) is 11.1 Å². The van der Waals surface area contributed by atoms with Gasteiger partial charge in [0.1, 0.15) is 13.2 Å². The molecule has 1 aliphatic heterocycles. The van der Waals surface area contributed by atoms with Crippen molar-refractivity contribution >= 4 is 24.3 Å². The van der Waals surface area contributed by atoms with Crippen LogP contribution in [0, 0.1) is 11.8 Å². The van der Waals surface area contributed by atoms with Crippen molar-refractivity contribution in [2.24, 2.45) is 11.8 Å².